The first kappa shape index (κ1) is 23.1. The molecular weight excluding hydrogens is 400 g/mol. The zero-order chi connectivity index (χ0) is 22.0. The SMILES string of the molecule is CC(C)CC(=O)OCC1=C[C@@H](O)[C@@H]2C=CO[C@@H](O[C@@H]3O[C@H](CO)[C@@H](O)[C@H](O)[C@H]3O)[C@H]12. The van der Waals surface area contributed by atoms with Crippen molar-refractivity contribution in [3.05, 3.63) is 24.0 Å². The Morgan fingerprint density at radius 3 is 2.53 bits per heavy atom. The zero-order valence-corrected chi connectivity index (χ0v) is 16.9. The first-order chi connectivity index (χ1) is 14.2. The van der Waals surface area contributed by atoms with E-state index >= 15 is 0 Å². The molecule has 0 radical (unpaired) electrons. The summed E-state index contributed by atoms with van der Waals surface area (Å²) in [5, 5.41) is 49.8. The molecular formula is C20H30O10. The predicted octanol–water partition coefficient (Wildman–Crippen LogP) is -1.20. The molecule has 1 fully saturated rings. The van der Waals surface area contributed by atoms with Gasteiger partial charge in [0.05, 0.1) is 24.9 Å². The molecule has 0 aromatic carbocycles. The Morgan fingerprint density at radius 1 is 1.13 bits per heavy atom. The van der Waals surface area contributed by atoms with E-state index in [1.54, 1.807) is 12.2 Å². The molecule has 9 atom stereocenters. The van der Waals surface area contributed by atoms with Gasteiger partial charge in [-0.1, -0.05) is 19.9 Å². The smallest absolute Gasteiger partial charge is 0.306 e. The molecule has 0 amide bonds. The lowest BCUT2D eigenvalue weighted by atomic mass is 9.88. The number of carbonyl (C=O) groups excluding carboxylic acids is 1. The summed E-state index contributed by atoms with van der Waals surface area (Å²) < 4.78 is 22.0. The quantitative estimate of drug-likeness (QED) is 0.246. The molecule has 0 saturated carbocycles. The summed E-state index contributed by atoms with van der Waals surface area (Å²) in [5.74, 6) is -1.13. The van der Waals surface area contributed by atoms with E-state index in [0.717, 1.165) is 0 Å². The Bertz CT molecular complexity index is 660. The molecule has 3 rings (SSSR count). The number of esters is 1. The van der Waals surface area contributed by atoms with Gasteiger partial charge in [-0.2, -0.15) is 0 Å². The normalized spacial score (nSPS) is 40.7. The summed E-state index contributed by atoms with van der Waals surface area (Å²) in [6, 6.07) is 0. The second kappa shape index (κ2) is 9.73. The average Bonchev–Trinajstić information content (AvgIpc) is 3.03. The molecule has 10 nitrogen and oxygen atoms in total. The van der Waals surface area contributed by atoms with Gasteiger partial charge >= 0.3 is 5.97 Å². The number of carbonyl (C=O) groups is 1. The number of fused-ring (bicyclic) bond motifs is 1. The van der Waals surface area contributed by atoms with Crippen LogP contribution in [0, 0.1) is 17.8 Å². The number of aliphatic hydroxyl groups excluding tert-OH is 5. The standard InChI is InChI=1S/C20H30O10/c1-9(2)5-14(23)28-8-10-6-12(22)11-3-4-27-19(15(10)11)30-20-18(26)17(25)16(24)13(7-21)29-20/h3-4,6,9,11-13,15-22,24-26H,5,7-8H2,1-2H3/t11-,12+,13+,15+,16+,17-,18+,19-,20-/m0/s1. The molecule has 1 aliphatic carbocycles. The maximum absolute atomic E-state index is 11.9. The highest BCUT2D eigenvalue weighted by Gasteiger charge is 2.49. The Labute approximate surface area is 174 Å². The third kappa shape index (κ3) is 4.86. The number of ether oxygens (including phenoxy) is 4. The fourth-order valence-corrected chi connectivity index (χ4v) is 3.92. The summed E-state index contributed by atoms with van der Waals surface area (Å²) in [7, 11) is 0. The molecule has 3 aliphatic rings. The Kier molecular flexibility index (Phi) is 7.51. The second-order valence-corrected chi connectivity index (χ2v) is 8.26. The van der Waals surface area contributed by atoms with Gasteiger partial charge in [-0.05, 0) is 17.6 Å². The summed E-state index contributed by atoms with van der Waals surface area (Å²) in [6.45, 7) is 3.17. The van der Waals surface area contributed by atoms with Gasteiger partial charge in [0, 0.05) is 12.3 Å². The highest BCUT2D eigenvalue weighted by molar-refractivity contribution is 5.69. The third-order valence-electron chi connectivity index (χ3n) is 5.52. The molecule has 1 saturated heterocycles. The molecule has 170 valence electrons. The van der Waals surface area contributed by atoms with Gasteiger partial charge in [-0.15, -0.1) is 0 Å². The lowest BCUT2D eigenvalue weighted by molar-refractivity contribution is -0.339. The van der Waals surface area contributed by atoms with E-state index in [9.17, 15) is 30.3 Å². The van der Waals surface area contributed by atoms with Gasteiger partial charge in [0.2, 0.25) is 6.29 Å². The van der Waals surface area contributed by atoms with Crippen molar-refractivity contribution in [1.82, 2.24) is 0 Å². The van der Waals surface area contributed by atoms with Crippen LogP contribution in [0.5, 0.6) is 0 Å². The van der Waals surface area contributed by atoms with Crippen LogP contribution in [0.1, 0.15) is 20.3 Å². The fraction of sp³-hybridized carbons (Fsp3) is 0.750. The summed E-state index contributed by atoms with van der Waals surface area (Å²) in [5.41, 5.74) is 0.601. The number of hydrogen-bond acceptors (Lipinski definition) is 10. The first-order valence-corrected chi connectivity index (χ1v) is 10.0. The summed E-state index contributed by atoms with van der Waals surface area (Å²) in [6.07, 6.45) is -4.16. The molecule has 0 unspecified atom stereocenters. The van der Waals surface area contributed by atoms with Gasteiger partial charge < -0.3 is 44.5 Å². The Balaban J connectivity index is 1.70. The van der Waals surface area contributed by atoms with Crippen LogP contribution in [0.2, 0.25) is 0 Å². The number of aliphatic hydroxyl groups is 5. The molecule has 0 bridgehead atoms. The minimum absolute atomic E-state index is 0.0461. The van der Waals surface area contributed by atoms with Gasteiger partial charge in [0.1, 0.15) is 31.0 Å². The molecule has 2 aliphatic heterocycles. The van der Waals surface area contributed by atoms with Crippen LogP contribution < -0.4 is 0 Å². The van der Waals surface area contributed by atoms with E-state index in [1.165, 1.54) is 6.26 Å². The van der Waals surface area contributed by atoms with Crippen LogP contribution in [0.4, 0.5) is 0 Å². The Hall–Kier alpha value is -1.53. The highest BCUT2D eigenvalue weighted by Crippen LogP contribution is 2.41. The van der Waals surface area contributed by atoms with E-state index in [-0.39, 0.29) is 24.9 Å². The van der Waals surface area contributed by atoms with Gasteiger partial charge in [-0.25, -0.2) is 0 Å². The van der Waals surface area contributed by atoms with E-state index in [4.69, 9.17) is 18.9 Å². The third-order valence-corrected chi connectivity index (χ3v) is 5.52. The zero-order valence-electron chi connectivity index (χ0n) is 16.9. The lowest BCUT2D eigenvalue weighted by Crippen LogP contribution is -2.60. The molecule has 2 heterocycles. The van der Waals surface area contributed by atoms with E-state index in [0.29, 0.717) is 5.57 Å². The lowest BCUT2D eigenvalue weighted by Gasteiger charge is -2.42. The second-order valence-electron chi connectivity index (χ2n) is 8.26. The number of hydrogen-bond donors (Lipinski definition) is 5. The molecule has 0 aromatic heterocycles. The van der Waals surface area contributed by atoms with Crippen LogP contribution in [0.3, 0.4) is 0 Å². The van der Waals surface area contributed by atoms with Crippen molar-refractivity contribution in [1.29, 1.82) is 0 Å². The van der Waals surface area contributed by atoms with Crippen LogP contribution in [0.25, 0.3) is 0 Å². The molecule has 0 aromatic rings. The van der Waals surface area contributed by atoms with Crippen LogP contribution in [0.15, 0.2) is 24.0 Å². The van der Waals surface area contributed by atoms with Gasteiger partial charge in [0.15, 0.2) is 6.29 Å². The van der Waals surface area contributed by atoms with Gasteiger partial charge in [0.25, 0.3) is 0 Å². The molecule has 5 N–H and O–H groups in total. The molecule has 0 spiro atoms. The van der Waals surface area contributed by atoms with Crippen molar-refractivity contribution in [3.8, 4) is 0 Å². The van der Waals surface area contributed by atoms with Crippen LogP contribution >= 0.6 is 0 Å². The minimum Gasteiger partial charge on any atom is -0.472 e. The molecule has 30 heavy (non-hydrogen) atoms. The van der Waals surface area contributed by atoms with Crippen molar-refractivity contribution < 1.29 is 49.3 Å². The predicted molar refractivity (Wildman–Crippen MR) is 100 cm³/mol. The van der Waals surface area contributed by atoms with Crippen LogP contribution in [-0.2, 0) is 23.7 Å². The maximum Gasteiger partial charge on any atom is 0.306 e. The average molecular weight is 430 g/mol. The first-order valence-electron chi connectivity index (χ1n) is 10.0. The summed E-state index contributed by atoms with van der Waals surface area (Å²) >= 11 is 0. The van der Waals surface area contributed by atoms with Crippen molar-refractivity contribution in [2.45, 2.75) is 63.4 Å². The largest absolute Gasteiger partial charge is 0.472 e. The molecule has 10 heteroatoms. The van der Waals surface area contributed by atoms with Crippen molar-refractivity contribution in [2.24, 2.45) is 17.8 Å². The minimum atomic E-state index is -1.59. The van der Waals surface area contributed by atoms with Gasteiger partial charge in [-0.3, -0.25) is 4.79 Å². The maximum atomic E-state index is 11.9. The number of rotatable bonds is 7. The van der Waals surface area contributed by atoms with Crippen molar-refractivity contribution in [3.63, 3.8) is 0 Å². The van der Waals surface area contributed by atoms with E-state index in [1.807, 2.05) is 13.8 Å². The van der Waals surface area contributed by atoms with E-state index in [2.05, 4.69) is 0 Å². The monoisotopic (exact) mass is 430 g/mol. The van der Waals surface area contributed by atoms with Crippen molar-refractivity contribution >= 4 is 5.97 Å². The fourth-order valence-electron chi connectivity index (χ4n) is 3.92. The summed E-state index contributed by atoms with van der Waals surface area (Å²) in [4.78, 5) is 11.9. The van der Waals surface area contributed by atoms with Crippen molar-refractivity contribution in [2.75, 3.05) is 13.2 Å². The van der Waals surface area contributed by atoms with E-state index < -0.39 is 61.5 Å². The topological polar surface area (TPSA) is 155 Å². The highest BCUT2D eigenvalue weighted by atomic mass is 16.8. The Morgan fingerprint density at radius 2 is 1.87 bits per heavy atom. The van der Waals surface area contributed by atoms with Crippen LogP contribution in [-0.4, -0.2) is 87.8 Å².